The standard InChI is InChI=1S/C22H18N2O/c1-16(17-8-3-2-4-9-17)24-22(25)20(15-23)14-19-12-7-11-18-10-5-6-13-21(18)19/h2-14,16H,1H3,(H,24,25). The first-order chi connectivity index (χ1) is 12.2. The molecule has 0 aliphatic heterocycles. The van der Waals surface area contributed by atoms with Gasteiger partial charge in [0.25, 0.3) is 5.91 Å². The quantitative estimate of drug-likeness (QED) is 0.561. The third-order valence-corrected chi connectivity index (χ3v) is 4.14. The maximum atomic E-state index is 12.5. The highest BCUT2D eigenvalue weighted by atomic mass is 16.1. The van der Waals surface area contributed by atoms with Crippen LogP contribution in [-0.4, -0.2) is 5.91 Å². The van der Waals surface area contributed by atoms with Gasteiger partial charge in [-0.2, -0.15) is 5.26 Å². The number of benzene rings is 3. The summed E-state index contributed by atoms with van der Waals surface area (Å²) in [5.41, 5.74) is 1.95. The van der Waals surface area contributed by atoms with Crippen LogP contribution in [0.4, 0.5) is 0 Å². The van der Waals surface area contributed by atoms with E-state index in [1.807, 2.05) is 85.8 Å². The number of rotatable bonds is 4. The van der Waals surface area contributed by atoms with Crippen molar-refractivity contribution in [3.63, 3.8) is 0 Å². The average molecular weight is 326 g/mol. The lowest BCUT2D eigenvalue weighted by Crippen LogP contribution is -2.27. The monoisotopic (exact) mass is 326 g/mol. The number of carbonyl (C=O) groups excluding carboxylic acids is 1. The van der Waals surface area contributed by atoms with E-state index in [1.165, 1.54) is 0 Å². The molecule has 1 atom stereocenters. The summed E-state index contributed by atoms with van der Waals surface area (Å²) in [6.45, 7) is 1.90. The number of fused-ring (bicyclic) bond motifs is 1. The molecule has 3 nitrogen and oxygen atoms in total. The lowest BCUT2D eigenvalue weighted by Gasteiger charge is -2.14. The number of amides is 1. The third kappa shape index (κ3) is 3.76. The first-order valence-corrected chi connectivity index (χ1v) is 8.14. The Balaban J connectivity index is 1.87. The van der Waals surface area contributed by atoms with Crippen molar-refractivity contribution in [2.24, 2.45) is 0 Å². The van der Waals surface area contributed by atoms with E-state index >= 15 is 0 Å². The van der Waals surface area contributed by atoms with E-state index < -0.39 is 0 Å². The Morgan fingerprint density at radius 1 is 1.00 bits per heavy atom. The Morgan fingerprint density at radius 3 is 2.44 bits per heavy atom. The number of nitrogens with one attached hydrogen (secondary N) is 1. The molecule has 1 unspecified atom stereocenters. The van der Waals surface area contributed by atoms with Crippen LogP contribution in [0.5, 0.6) is 0 Å². The number of nitrogens with zero attached hydrogens (tertiary/aromatic N) is 1. The van der Waals surface area contributed by atoms with Gasteiger partial charge in [-0.25, -0.2) is 0 Å². The molecule has 122 valence electrons. The molecule has 3 aromatic rings. The molecule has 25 heavy (non-hydrogen) atoms. The SMILES string of the molecule is CC(NC(=O)C(C#N)=Cc1cccc2ccccc12)c1ccccc1. The number of hydrogen-bond donors (Lipinski definition) is 1. The predicted molar refractivity (Wildman–Crippen MR) is 101 cm³/mol. The number of hydrogen-bond acceptors (Lipinski definition) is 2. The molecule has 0 saturated heterocycles. The van der Waals surface area contributed by atoms with Crippen LogP contribution < -0.4 is 5.32 Å². The van der Waals surface area contributed by atoms with Crippen LogP contribution in [0.15, 0.2) is 78.4 Å². The normalized spacial score (nSPS) is 12.4. The third-order valence-electron chi connectivity index (χ3n) is 4.14. The zero-order valence-corrected chi connectivity index (χ0v) is 13.9. The molecule has 3 aromatic carbocycles. The Kier molecular flexibility index (Phi) is 4.92. The summed E-state index contributed by atoms with van der Waals surface area (Å²) in [6, 6.07) is 25.3. The largest absolute Gasteiger partial charge is 0.345 e. The highest BCUT2D eigenvalue weighted by Gasteiger charge is 2.14. The van der Waals surface area contributed by atoms with Gasteiger partial charge in [0.1, 0.15) is 11.6 Å². The van der Waals surface area contributed by atoms with Crippen molar-refractivity contribution < 1.29 is 4.79 Å². The van der Waals surface area contributed by atoms with E-state index in [2.05, 4.69) is 5.32 Å². The van der Waals surface area contributed by atoms with Gasteiger partial charge in [0.15, 0.2) is 0 Å². The van der Waals surface area contributed by atoms with Crippen LogP contribution in [0, 0.1) is 11.3 Å². The maximum Gasteiger partial charge on any atom is 0.262 e. The Hall–Kier alpha value is -3.38. The number of nitriles is 1. The second-order valence-corrected chi connectivity index (χ2v) is 5.84. The first-order valence-electron chi connectivity index (χ1n) is 8.14. The van der Waals surface area contributed by atoms with Crippen molar-refractivity contribution in [3.05, 3.63) is 89.5 Å². The van der Waals surface area contributed by atoms with Crippen molar-refractivity contribution in [2.75, 3.05) is 0 Å². The van der Waals surface area contributed by atoms with Crippen LogP contribution in [0.2, 0.25) is 0 Å². The fourth-order valence-corrected chi connectivity index (χ4v) is 2.78. The van der Waals surface area contributed by atoms with Gasteiger partial charge < -0.3 is 5.32 Å². The fourth-order valence-electron chi connectivity index (χ4n) is 2.78. The summed E-state index contributed by atoms with van der Waals surface area (Å²) in [5, 5.41) is 14.4. The minimum Gasteiger partial charge on any atom is -0.345 e. The van der Waals surface area contributed by atoms with Gasteiger partial charge >= 0.3 is 0 Å². The number of carbonyl (C=O) groups is 1. The molecule has 0 aliphatic carbocycles. The van der Waals surface area contributed by atoms with Crippen molar-refractivity contribution in [1.82, 2.24) is 5.32 Å². The van der Waals surface area contributed by atoms with E-state index in [0.717, 1.165) is 21.9 Å². The summed E-state index contributed by atoms with van der Waals surface area (Å²) >= 11 is 0. The lowest BCUT2D eigenvalue weighted by molar-refractivity contribution is -0.117. The van der Waals surface area contributed by atoms with Gasteiger partial charge in [0.05, 0.1) is 6.04 Å². The summed E-state index contributed by atoms with van der Waals surface area (Å²) in [6.07, 6.45) is 1.65. The average Bonchev–Trinajstić information content (AvgIpc) is 2.66. The predicted octanol–water partition coefficient (Wildman–Crippen LogP) is 4.62. The Bertz CT molecular complexity index is 963. The summed E-state index contributed by atoms with van der Waals surface area (Å²) in [5.74, 6) is -0.369. The highest BCUT2D eigenvalue weighted by molar-refractivity contribution is 6.04. The van der Waals surface area contributed by atoms with Gasteiger partial charge in [-0.05, 0) is 34.9 Å². The van der Waals surface area contributed by atoms with Crippen LogP contribution in [-0.2, 0) is 4.79 Å². The van der Waals surface area contributed by atoms with Crippen molar-refractivity contribution >= 4 is 22.8 Å². The minimum absolute atomic E-state index is 0.0964. The van der Waals surface area contributed by atoms with E-state index in [1.54, 1.807) is 6.08 Å². The smallest absolute Gasteiger partial charge is 0.262 e. The molecular formula is C22H18N2O. The lowest BCUT2D eigenvalue weighted by atomic mass is 10.0. The molecule has 1 amide bonds. The first kappa shape index (κ1) is 16.5. The van der Waals surface area contributed by atoms with Crippen molar-refractivity contribution in [2.45, 2.75) is 13.0 Å². The second kappa shape index (κ2) is 7.46. The molecule has 3 rings (SSSR count). The minimum atomic E-state index is -0.369. The summed E-state index contributed by atoms with van der Waals surface area (Å²) in [7, 11) is 0. The Morgan fingerprint density at radius 2 is 1.68 bits per heavy atom. The van der Waals surface area contributed by atoms with E-state index in [-0.39, 0.29) is 17.5 Å². The Labute approximate surface area is 147 Å². The molecule has 0 saturated carbocycles. The molecule has 0 aromatic heterocycles. The summed E-state index contributed by atoms with van der Waals surface area (Å²) in [4.78, 5) is 12.5. The van der Waals surface area contributed by atoms with Crippen LogP contribution >= 0.6 is 0 Å². The molecule has 0 fully saturated rings. The molecule has 0 bridgehead atoms. The zero-order valence-electron chi connectivity index (χ0n) is 13.9. The van der Waals surface area contributed by atoms with Crippen LogP contribution in [0.1, 0.15) is 24.1 Å². The van der Waals surface area contributed by atoms with Gasteiger partial charge in [-0.3, -0.25) is 4.79 Å². The van der Waals surface area contributed by atoms with Crippen molar-refractivity contribution in [1.29, 1.82) is 5.26 Å². The molecule has 0 aliphatic rings. The van der Waals surface area contributed by atoms with Crippen LogP contribution in [0.3, 0.4) is 0 Å². The maximum absolute atomic E-state index is 12.5. The van der Waals surface area contributed by atoms with Gasteiger partial charge in [0, 0.05) is 0 Å². The van der Waals surface area contributed by atoms with Crippen molar-refractivity contribution in [3.8, 4) is 6.07 Å². The zero-order chi connectivity index (χ0) is 17.6. The van der Waals surface area contributed by atoms with E-state index in [0.29, 0.717) is 0 Å². The molecule has 1 N–H and O–H groups in total. The molecule has 3 heteroatoms. The second-order valence-electron chi connectivity index (χ2n) is 5.84. The van der Waals surface area contributed by atoms with Crippen LogP contribution in [0.25, 0.3) is 16.8 Å². The summed E-state index contributed by atoms with van der Waals surface area (Å²) < 4.78 is 0. The molecule has 0 radical (unpaired) electrons. The van der Waals surface area contributed by atoms with E-state index in [4.69, 9.17) is 0 Å². The van der Waals surface area contributed by atoms with Gasteiger partial charge in [0.2, 0.25) is 0 Å². The molecular weight excluding hydrogens is 308 g/mol. The van der Waals surface area contributed by atoms with Gasteiger partial charge in [-0.15, -0.1) is 0 Å². The highest BCUT2D eigenvalue weighted by Crippen LogP contribution is 2.21. The molecule has 0 heterocycles. The fraction of sp³-hybridized carbons (Fsp3) is 0.0909. The molecule has 0 spiro atoms. The van der Waals surface area contributed by atoms with Gasteiger partial charge in [-0.1, -0.05) is 72.8 Å². The topological polar surface area (TPSA) is 52.9 Å². The van der Waals surface area contributed by atoms with E-state index in [9.17, 15) is 10.1 Å².